The highest BCUT2D eigenvalue weighted by Gasteiger charge is 2.13. The number of para-hydroxylation sites is 1. The topological polar surface area (TPSA) is 39.2 Å². The van der Waals surface area contributed by atoms with Gasteiger partial charge in [-0.1, -0.05) is 32.0 Å². The van der Waals surface area contributed by atoms with Crippen molar-refractivity contribution < 1.29 is 4.42 Å². The molecule has 1 atom stereocenters. The number of hydrogen-bond acceptors (Lipinski definition) is 2. The second-order valence-corrected chi connectivity index (χ2v) is 4.42. The Labute approximate surface area is 90.1 Å². The van der Waals surface area contributed by atoms with Gasteiger partial charge < -0.3 is 10.2 Å². The Morgan fingerprint density at radius 3 is 2.73 bits per heavy atom. The van der Waals surface area contributed by atoms with Crippen molar-refractivity contribution in [2.45, 2.75) is 26.3 Å². The van der Waals surface area contributed by atoms with Crippen molar-refractivity contribution in [1.82, 2.24) is 0 Å². The van der Waals surface area contributed by atoms with Crippen molar-refractivity contribution in [3.63, 3.8) is 0 Å². The average molecular weight is 203 g/mol. The lowest BCUT2D eigenvalue weighted by atomic mass is 9.97. The second-order valence-electron chi connectivity index (χ2n) is 4.42. The highest BCUT2D eigenvalue weighted by atomic mass is 16.3. The maximum absolute atomic E-state index is 6.15. The summed E-state index contributed by atoms with van der Waals surface area (Å²) in [5.41, 5.74) is 8.19. The summed E-state index contributed by atoms with van der Waals surface area (Å²) in [7, 11) is 0. The van der Waals surface area contributed by atoms with E-state index in [1.807, 2.05) is 18.2 Å². The predicted octanol–water partition coefficient (Wildman–Crippen LogP) is 3.48. The van der Waals surface area contributed by atoms with E-state index in [1.54, 1.807) is 6.26 Å². The minimum atomic E-state index is 0.0775. The largest absolute Gasteiger partial charge is 0.464 e. The van der Waals surface area contributed by atoms with Crippen molar-refractivity contribution in [2.24, 2.45) is 11.7 Å². The zero-order valence-electron chi connectivity index (χ0n) is 9.23. The third-order valence-electron chi connectivity index (χ3n) is 2.64. The highest BCUT2D eigenvalue weighted by molar-refractivity contribution is 5.81. The molecule has 1 aromatic carbocycles. The van der Waals surface area contributed by atoms with Gasteiger partial charge in [-0.2, -0.15) is 0 Å². The Morgan fingerprint density at radius 2 is 2.00 bits per heavy atom. The van der Waals surface area contributed by atoms with Crippen molar-refractivity contribution >= 4 is 11.0 Å². The van der Waals surface area contributed by atoms with E-state index < -0.39 is 0 Å². The molecule has 0 aliphatic rings. The van der Waals surface area contributed by atoms with E-state index in [1.165, 1.54) is 0 Å². The van der Waals surface area contributed by atoms with Gasteiger partial charge in [-0.3, -0.25) is 0 Å². The molecule has 0 spiro atoms. The van der Waals surface area contributed by atoms with Crippen LogP contribution in [-0.2, 0) is 0 Å². The van der Waals surface area contributed by atoms with Crippen LogP contribution in [0.4, 0.5) is 0 Å². The first-order valence-electron chi connectivity index (χ1n) is 5.40. The second kappa shape index (κ2) is 4.07. The molecule has 0 aliphatic carbocycles. The Bertz CT molecular complexity index is 444. The van der Waals surface area contributed by atoms with Gasteiger partial charge in [0.05, 0.1) is 6.26 Å². The molecule has 1 heterocycles. The molecule has 0 saturated carbocycles. The molecule has 1 unspecified atom stereocenters. The molecule has 0 saturated heterocycles. The van der Waals surface area contributed by atoms with Crippen molar-refractivity contribution in [2.75, 3.05) is 0 Å². The zero-order valence-corrected chi connectivity index (χ0v) is 9.23. The van der Waals surface area contributed by atoms with Gasteiger partial charge in [0, 0.05) is 17.0 Å². The Kier molecular flexibility index (Phi) is 2.78. The average Bonchev–Trinajstić information content (AvgIpc) is 2.59. The van der Waals surface area contributed by atoms with E-state index in [4.69, 9.17) is 10.2 Å². The molecule has 0 radical (unpaired) electrons. The SMILES string of the molecule is CC(C)CC(N)c1coc2ccccc12. The maximum Gasteiger partial charge on any atom is 0.134 e. The van der Waals surface area contributed by atoms with Gasteiger partial charge in [-0.05, 0) is 18.4 Å². The maximum atomic E-state index is 6.15. The van der Waals surface area contributed by atoms with Crippen LogP contribution in [0.5, 0.6) is 0 Å². The molecule has 2 N–H and O–H groups in total. The third-order valence-corrected chi connectivity index (χ3v) is 2.64. The van der Waals surface area contributed by atoms with E-state index in [-0.39, 0.29) is 6.04 Å². The number of fused-ring (bicyclic) bond motifs is 1. The Morgan fingerprint density at radius 1 is 1.27 bits per heavy atom. The molecule has 0 aliphatic heterocycles. The van der Waals surface area contributed by atoms with Crippen LogP contribution in [-0.4, -0.2) is 0 Å². The lowest BCUT2D eigenvalue weighted by Gasteiger charge is -2.12. The summed E-state index contributed by atoms with van der Waals surface area (Å²) in [6, 6.07) is 8.11. The van der Waals surface area contributed by atoms with Crippen LogP contribution in [0.1, 0.15) is 31.9 Å². The standard InChI is InChI=1S/C13H17NO/c1-9(2)7-12(14)11-8-15-13-6-4-3-5-10(11)13/h3-6,8-9,12H,7,14H2,1-2H3. The summed E-state index contributed by atoms with van der Waals surface area (Å²) < 4.78 is 5.47. The monoisotopic (exact) mass is 203 g/mol. The van der Waals surface area contributed by atoms with E-state index >= 15 is 0 Å². The van der Waals surface area contributed by atoms with Gasteiger partial charge in [0.25, 0.3) is 0 Å². The quantitative estimate of drug-likeness (QED) is 0.829. The Hall–Kier alpha value is -1.28. The summed E-state index contributed by atoms with van der Waals surface area (Å²) in [6.45, 7) is 4.37. The number of rotatable bonds is 3. The van der Waals surface area contributed by atoms with Crippen LogP contribution in [0.25, 0.3) is 11.0 Å². The fourth-order valence-electron chi connectivity index (χ4n) is 1.92. The lowest BCUT2D eigenvalue weighted by molar-refractivity contribution is 0.504. The van der Waals surface area contributed by atoms with Crippen LogP contribution in [0.2, 0.25) is 0 Å². The summed E-state index contributed by atoms with van der Waals surface area (Å²) in [5.74, 6) is 0.605. The fraction of sp³-hybridized carbons (Fsp3) is 0.385. The van der Waals surface area contributed by atoms with E-state index in [0.717, 1.165) is 23.0 Å². The predicted molar refractivity (Wildman–Crippen MR) is 62.6 cm³/mol. The van der Waals surface area contributed by atoms with E-state index in [0.29, 0.717) is 5.92 Å². The molecular weight excluding hydrogens is 186 g/mol. The van der Waals surface area contributed by atoms with Gasteiger partial charge in [-0.15, -0.1) is 0 Å². The molecule has 80 valence electrons. The normalized spacial score (nSPS) is 13.6. The first kappa shape index (κ1) is 10.2. The Balaban J connectivity index is 2.35. The first-order valence-corrected chi connectivity index (χ1v) is 5.40. The van der Waals surface area contributed by atoms with Gasteiger partial charge in [-0.25, -0.2) is 0 Å². The minimum absolute atomic E-state index is 0.0775. The molecule has 15 heavy (non-hydrogen) atoms. The molecule has 2 aromatic rings. The van der Waals surface area contributed by atoms with Gasteiger partial charge >= 0.3 is 0 Å². The van der Waals surface area contributed by atoms with Gasteiger partial charge in [0.15, 0.2) is 0 Å². The summed E-state index contributed by atoms with van der Waals surface area (Å²) in [6.07, 6.45) is 2.78. The smallest absolute Gasteiger partial charge is 0.134 e. The molecule has 0 fully saturated rings. The van der Waals surface area contributed by atoms with E-state index in [9.17, 15) is 0 Å². The van der Waals surface area contributed by atoms with Crippen molar-refractivity contribution in [1.29, 1.82) is 0 Å². The van der Waals surface area contributed by atoms with Crippen molar-refractivity contribution in [3.8, 4) is 0 Å². The van der Waals surface area contributed by atoms with Crippen LogP contribution in [0, 0.1) is 5.92 Å². The number of hydrogen-bond donors (Lipinski definition) is 1. The van der Waals surface area contributed by atoms with E-state index in [2.05, 4.69) is 19.9 Å². The highest BCUT2D eigenvalue weighted by Crippen LogP contribution is 2.28. The summed E-state index contributed by atoms with van der Waals surface area (Å²) in [5, 5.41) is 1.14. The molecular formula is C13H17NO. The van der Waals surface area contributed by atoms with Crippen molar-refractivity contribution in [3.05, 3.63) is 36.1 Å². The zero-order chi connectivity index (χ0) is 10.8. The fourth-order valence-corrected chi connectivity index (χ4v) is 1.92. The van der Waals surface area contributed by atoms with Crippen LogP contribution in [0.3, 0.4) is 0 Å². The lowest BCUT2D eigenvalue weighted by Crippen LogP contribution is -2.12. The third kappa shape index (κ3) is 2.05. The molecule has 2 nitrogen and oxygen atoms in total. The summed E-state index contributed by atoms with van der Waals surface area (Å²) >= 11 is 0. The van der Waals surface area contributed by atoms with Crippen LogP contribution < -0.4 is 5.73 Å². The minimum Gasteiger partial charge on any atom is -0.464 e. The van der Waals surface area contributed by atoms with Gasteiger partial charge in [0.1, 0.15) is 5.58 Å². The molecule has 2 heteroatoms. The number of nitrogens with two attached hydrogens (primary N) is 1. The van der Waals surface area contributed by atoms with Gasteiger partial charge in [0.2, 0.25) is 0 Å². The summed E-state index contributed by atoms with van der Waals surface area (Å²) in [4.78, 5) is 0. The number of furan rings is 1. The van der Waals surface area contributed by atoms with Crippen LogP contribution >= 0.6 is 0 Å². The molecule has 1 aromatic heterocycles. The number of benzene rings is 1. The van der Waals surface area contributed by atoms with Crippen LogP contribution in [0.15, 0.2) is 34.9 Å². The molecule has 2 rings (SSSR count). The first-order chi connectivity index (χ1) is 7.18. The molecule has 0 amide bonds. The molecule has 0 bridgehead atoms.